The summed E-state index contributed by atoms with van der Waals surface area (Å²) in [5.74, 6) is 0.944. The Morgan fingerprint density at radius 1 is 1.10 bits per heavy atom. The summed E-state index contributed by atoms with van der Waals surface area (Å²) < 4.78 is 0. The number of urea groups is 1. The average molecular weight is 413 g/mol. The number of rotatable bonds is 2. The van der Waals surface area contributed by atoms with Gasteiger partial charge in [-0.05, 0) is 24.1 Å². The van der Waals surface area contributed by atoms with Crippen LogP contribution < -0.4 is 11.1 Å². The van der Waals surface area contributed by atoms with E-state index in [-0.39, 0.29) is 11.7 Å². The fraction of sp³-hybridized carbons (Fsp3) is 0.333. The van der Waals surface area contributed by atoms with E-state index in [1.807, 2.05) is 34.1 Å². The lowest BCUT2D eigenvalue weighted by atomic mass is 10.1. The van der Waals surface area contributed by atoms with E-state index in [1.54, 1.807) is 6.20 Å². The lowest BCUT2D eigenvalue weighted by Crippen LogP contribution is -2.52. The molecule has 2 amide bonds. The van der Waals surface area contributed by atoms with Crippen LogP contribution in [0.1, 0.15) is 17.8 Å². The second-order valence-corrected chi connectivity index (χ2v) is 7.54. The lowest BCUT2D eigenvalue weighted by Gasteiger charge is -2.34. The number of aromatic amines is 1. The Bertz CT molecular complexity index is 1100. The summed E-state index contributed by atoms with van der Waals surface area (Å²) >= 11 is 0. The largest absolute Gasteiger partial charge is 0.382 e. The Kier molecular flexibility index (Phi) is 4.80. The highest BCUT2D eigenvalue weighted by Crippen LogP contribution is 2.27. The first-order valence-electron chi connectivity index (χ1n) is 10.2. The molecule has 0 bridgehead atoms. The standard InChI is InChI=1S/C21H24N8O.4H2/c22-19-18(20-26-15-3-1-2-4-16(15)27-20)25-17(13-24-19)14-5-9-28(10-6-14)21(30)29-11-7-23-8-12-29;;;;/h1-5,13,23H,6-12H2,(H2,22,24)(H,26,27);4*1H. The molecule has 1 aromatic carbocycles. The fourth-order valence-corrected chi connectivity index (χ4v) is 3.92. The van der Waals surface area contributed by atoms with Crippen LogP contribution in [-0.2, 0) is 0 Å². The molecule has 2 aliphatic heterocycles. The zero-order chi connectivity index (χ0) is 20.5. The summed E-state index contributed by atoms with van der Waals surface area (Å²) in [5.41, 5.74) is 10.3. The van der Waals surface area contributed by atoms with Gasteiger partial charge in [0.1, 0.15) is 5.69 Å². The van der Waals surface area contributed by atoms with Crippen LogP contribution in [0, 0.1) is 0 Å². The van der Waals surface area contributed by atoms with E-state index >= 15 is 0 Å². The number of nitrogens with two attached hydrogens (primary N) is 1. The summed E-state index contributed by atoms with van der Waals surface area (Å²) in [6.07, 6.45) is 4.49. The SMILES string of the molecule is Nc1ncc(C2=CCN(C(=O)N3CCNCC3)CC2)nc1-c1nc2ccccc2[nH]1.[HH].[HH].[HH].[HH]. The summed E-state index contributed by atoms with van der Waals surface area (Å²) in [6, 6.07) is 7.91. The van der Waals surface area contributed by atoms with Crippen molar-refractivity contribution >= 4 is 28.5 Å². The van der Waals surface area contributed by atoms with Crippen molar-refractivity contribution in [3.05, 3.63) is 42.2 Å². The number of aromatic nitrogens is 4. The molecule has 0 atom stereocenters. The fourth-order valence-electron chi connectivity index (χ4n) is 3.92. The number of hydrogen-bond donors (Lipinski definition) is 3. The molecule has 3 aromatic rings. The van der Waals surface area contributed by atoms with E-state index in [0.29, 0.717) is 30.4 Å². The van der Waals surface area contributed by atoms with Crippen LogP contribution in [0.2, 0.25) is 0 Å². The highest BCUT2D eigenvalue weighted by Gasteiger charge is 2.25. The van der Waals surface area contributed by atoms with Gasteiger partial charge >= 0.3 is 6.03 Å². The summed E-state index contributed by atoms with van der Waals surface area (Å²) in [4.78, 5) is 33.5. The number of piperazine rings is 1. The monoisotopic (exact) mass is 412 g/mol. The van der Waals surface area contributed by atoms with Crippen LogP contribution >= 0.6 is 0 Å². The van der Waals surface area contributed by atoms with E-state index in [9.17, 15) is 4.79 Å². The number of nitrogens with zero attached hydrogens (tertiary/aromatic N) is 5. The van der Waals surface area contributed by atoms with Gasteiger partial charge in [-0.3, -0.25) is 0 Å². The Morgan fingerprint density at radius 3 is 2.70 bits per heavy atom. The predicted molar refractivity (Wildman–Crippen MR) is 124 cm³/mol. The normalized spacial score (nSPS) is 17.3. The molecular weight excluding hydrogens is 380 g/mol. The first kappa shape index (κ1) is 18.6. The van der Waals surface area contributed by atoms with Gasteiger partial charge in [0, 0.05) is 45.0 Å². The molecule has 30 heavy (non-hydrogen) atoms. The molecule has 2 aromatic heterocycles. The molecule has 9 heteroatoms. The van der Waals surface area contributed by atoms with Gasteiger partial charge in [-0.1, -0.05) is 18.2 Å². The molecular formula is C21H32N8O. The van der Waals surface area contributed by atoms with Gasteiger partial charge in [-0.2, -0.15) is 0 Å². The van der Waals surface area contributed by atoms with Crippen molar-refractivity contribution < 1.29 is 10.5 Å². The minimum absolute atomic E-state index is 0. The highest BCUT2D eigenvalue weighted by atomic mass is 16.2. The minimum atomic E-state index is 0. The molecule has 0 spiro atoms. The molecule has 5 rings (SSSR count). The first-order valence-corrected chi connectivity index (χ1v) is 10.2. The molecule has 9 nitrogen and oxygen atoms in total. The van der Waals surface area contributed by atoms with Crippen molar-refractivity contribution in [2.75, 3.05) is 45.0 Å². The summed E-state index contributed by atoms with van der Waals surface area (Å²) in [6.45, 7) is 4.47. The van der Waals surface area contributed by atoms with Crippen LogP contribution in [0.3, 0.4) is 0 Å². The molecule has 162 valence electrons. The van der Waals surface area contributed by atoms with E-state index in [1.165, 1.54) is 0 Å². The van der Waals surface area contributed by atoms with Crippen LogP contribution in [0.5, 0.6) is 0 Å². The number of para-hydroxylation sites is 2. The van der Waals surface area contributed by atoms with Crippen molar-refractivity contribution in [3.8, 4) is 11.5 Å². The van der Waals surface area contributed by atoms with Gasteiger partial charge < -0.3 is 25.8 Å². The maximum Gasteiger partial charge on any atom is 0.320 e. The predicted octanol–water partition coefficient (Wildman–Crippen LogP) is 2.70. The second kappa shape index (κ2) is 7.75. The third-order valence-corrected chi connectivity index (χ3v) is 5.61. The van der Waals surface area contributed by atoms with Gasteiger partial charge in [0.25, 0.3) is 0 Å². The molecule has 0 radical (unpaired) electrons. The second-order valence-electron chi connectivity index (χ2n) is 7.54. The topological polar surface area (TPSA) is 116 Å². The van der Waals surface area contributed by atoms with Gasteiger partial charge in [0.05, 0.1) is 22.9 Å². The van der Waals surface area contributed by atoms with Gasteiger partial charge in [0.2, 0.25) is 0 Å². The molecule has 4 N–H and O–H groups in total. The van der Waals surface area contributed by atoms with Crippen LogP contribution in [0.4, 0.5) is 10.6 Å². The van der Waals surface area contributed by atoms with Crippen LogP contribution in [0.25, 0.3) is 28.1 Å². The van der Waals surface area contributed by atoms with Gasteiger partial charge in [-0.25, -0.2) is 19.7 Å². The van der Waals surface area contributed by atoms with E-state index in [0.717, 1.165) is 54.9 Å². The number of carbonyl (C=O) groups excluding carboxylic acids is 1. The van der Waals surface area contributed by atoms with Crippen LogP contribution in [0.15, 0.2) is 36.5 Å². The number of carbonyl (C=O) groups is 1. The number of nitrogens with one attached hydrogen (secondary N) is 2. The summed E-state index contributed by atoms with van der Waals surface area (Å²) in [5, 5.41) is 3.28. The third-order valence-electron chi connectivity index (χ3n) is 5.61. The van der Waals surface area contributed by atoms with E-state index in [2.05, 4.69) is 26.3 Å². The number of anilines is 1. The molecule has 2 aliphatic rings. The Labute approximate surface area is 179 Å². The smallest absolute Gasteiger partial charge is 0.320 e. The van der Waals surface area contributed by atoms with Crippen LogP contribution in [-0.4, -0.2) is 75.0 Å². The quantitative estimate of drug-likeness (QED) is 0.596. The van der Waals surface area contributed by atoms with Crippen molar-refractivity contribution in [3.63, 3.8) is 0 Å². The minimum Gasteiger partial charge on any atom is -0.382 e. The number of nitrogen functional groups attached to an aromatic ring is 1. The maximum absolute atomic E-state index is 12.7. The Morgan fingerprint density at radius 2 is 1.93 bits per heavy atom. The van der Waals surface area contributed by atoms with Gasteiger partial charge in [0.15, 0.2) is 11.6 Å². The molecule has 0 aliphatic carbocycles. The molecule has 4 heterocycles. The van der Waals surface area contributed by atoms with Crippen molar-refractivity contribution in [1.82, 2.24) is 35.1 Å². The number of benzene rings is 1. The van der Waals surface area contributed by atoms with Crippen molar-refractivity contribution in [1.29, 1.82) is 0 Å². The van der Waals surface area contributed by atoms with Crippen molar-refractivity contribution in [2.45, 2.75) is 6.42 Å². The number of hydrogen-bond acceptors (Lipinski definition) is 6. The molecule has 0 unspecified atom stereocenters. The molecule has 1 fully saturated rings. The lowest BCUT2D eigenvalue weighted by molar-refractivity contribution is 0.151. The van der Waals surface area contributed by atoms with E-state index in [4.69, 9.17) is 10.7 Å². The Hall–Kier alpha value is -3.46. The number of amides is 2. The zero-order valence-corrected chi connectivity index (χ0v) is 16.6. The first-order chi connectivity index (χ1) is 14.7. The van der Waals surface area contributed by atoms with Gasteiger partial charge in [-0.15, -0.1) is 0 Å². The molecule has 0 saturated carbocycles. The zero-order valence-electron chi connectivity index (χ0n) is 16.6. The number of imidazole rings is 1. The van der Waals surface area contributed by atoms with Crippen molar-refractivity contribution in [2.24, 2.45) is 0 Å². The number of fused-ring (bicyclic) bond motifs is 1. The maximum atomic E-state index is 12.7. The molecule has 1 saturated heterocycles. The third kappa shape index (κ3) is 3.48. The average Bonchev–Trinajstić information content (AvgIpc) is 3.24. The number of H-pyrrole nitrogens is 1. The highest BCUT2D eigenvalue weighted by molar-refractivity contribution is 5.81. The Balaban J connectivity index is 0.00000144. The van der Waals surface area contributed by atoms with E-state index < -0.39 is 0 Å². The summed E-state index contributed by atoms with van der Waals surface area (Å²) in [7, 11) is 0.